The molecule has 2 saturated heterocycles. The lowest BCUT2D eigenvalue weighted by Crippen LogP contribution is -2.46. The van der Waals surface area contributed by atoms with Crippen molar-refractivity contribution in [2.75, 3.05) is 33.3 Å². The maximum atomic E-state index is 13.0. The second kappa shape index (κ2) is 7.58. The normalized spacial score (nSPS) is 24.0. The molecule has 2 aliphatic rings. The number of ether oxygens (including phenoxy) is 1. The molecule has 2 aliphatic heterocycles. The van der Waals surface area contributed by atoms with E-state index in [1.807, 2.05) is 12.1 Å². The zero-order chi connectivity index (χ0) is 18.9. The van der Waals surface area contributed by atoms with Crippen molar-refractivity contribution in [3.05, 3.63) is 29.8 Å². The Balaban J connectivity index is 1.66. The maximum absolute atomic E-state index is 13.0. The van der Waals surface area contributed by atoms with Crippen LogP contribution in [0, 0.1) is 0 Å². The minimum atomic E-state index is -3.42. The van der Waals surface area contributed by atoms with Crippen molar-refractivity contribution >= 4 is 10.0 Å². The van der Waals surface area contributed by atoms with Crippen LogP contribution in [0.1, 0.15) is 51.5 Å². The first kappa shape index (κ1) is 19.8. The Bertz CT molecular complexity index is 707. The molecule has 2 fully saturated rings. The van der Waals surface area contributed by atoms with Crippen LogP contribution in [-0.2, 0) is 14.8 Å². The number of hydrogen-bond acceptors (Lipinski definition) is 4. The van der Waals surface area contributed by atoms with Crippen LogP contribution < -0.4 is 0 Å². The molecule has 1 aromatic carbocycles. The molecule has 0 aromatic heterocycles. The molecule has 0 N–H and O–H groups in total. The van der Waals surface area contributed by atoms with E-state index < -0.39 is 10.0 Å². The number of sulfonamides is 1. The van der Waals surface area contributed by atoms with Crippen LogP contribution in [0.25, 0.3) is 0 Å². The summed E-state index contributed by atoms with van der Waals surface area (Å²) in [5.41, 5.74) is 1.02. The van der Waals surface area contributed by atoms with E-state index in [4.69, 9.17) is 4.74 Å². The van der Waals surface area contributed by atoms with Gasteiger partial charge in [-0.25, -0.2) is 8.42 Å². The number of nitrogens with zero attached hydrogens (tertiary/aromatic N) is 2. The van der Waals surface area contributed by atoms with Gasteiger partial charge >= 0.3 is 0 Å². The van der Waals surface area contributed by atoms with E-state index in [-0.39, 0.29) is 5.60 Å². The predicted molar refractivity (Wildman–Crippen MR) is 104 cm³/mol. The minimum Gasteiger partial charge on any atom is -0.373 e. The number of hydrogen-bond donors (Lipinski definition) is 0. The van der Waals surface area contributed by atoms with Crippen molar-refractivity contribution in [2.45, 2.75) is 62.5 Å². The SMILES string of the molecule is CCN(C)[C@H]1COC2(CCN(S(=O)(=O)c3ccc(C(C)C)cc3)CC2)C1. The predicted octanol–water partition coefficient (Wildman–Crippen LogP) is 3.07. The number of likely N-dealkylation sites (N-methyl/N-ethyl adjacent to an activating group) is 1. The maximum Gasteiger partial charge on any atom is 0.243 e. The summed E-state index contributed by atoms with van der Waals surface area (Å²) in [5.74, 6) is 0.398. The summed E-state index contributed by atoms with van der Waals surface area (Å²) in [7, 11) is -1.29. The standard InChI is InChI=1S/C20H32N2O3S/c1-5-21(4)18-14-20(25-15-18)10-12-22(13-11-20)26(23,24)19-8-6-17(7-9-19)16(2)3/h6-9,16,18H,5,10-15H2,1-4H3/t18-/m1/s1. The lowest BCUT2D eigenvalue weighted by molar-refractivity contribution is -0.0316. The average molecular weight is 381 g/mol. The highest BCUT2D eigenvalue weighted by Gasteiger charge is 2.45. The number of benzene rings is 1. The van der Waals surface area contributed by atoms with Gasteiger partial charge < -0.3 is 9.64 Å². The monoisotopic (exact) mass is 380 g/mol. The quantitative estimate of drug-likeness (QED) is 0.788. The van der Waals surface area contributed by atoms with Crippen molar-refractivity contribution in [3.8, 4) is 0 Å². The first-order valence-electron chi connectivity index (χ1n) is 9.72. The van der Waals surface area contributed by atoms with Gasteiger partial charge in [-0.05, 0) is 56.5 Å². The summed E-state index contributed by atoms with van der Waals surface area (Å²) in [6.45, 7) is 9.22. The molecule has 1 spiro atoms. The van der Waals surface area contributed by atoms with Crippen LogP contribution in [0.4, 0.5) is 0 Å². The Morgan fingerprint density at radius 1 is 1.23 bits per heavy atom. The summed E-state index contributed by atoms with van der Waals surface area (Å²) in [6.07, 6.45) is 2.57. The van der Waals surface area contributed by atoms with Crippen LogP contribution in [0.2, 0.25) is 0 Å². The molecule has 5 nitrogen and oxygen atoms in total. The Hall–Kier alpha value is -0.950. The molecule has 0 unspecified atom stereocenters. The van der Waals surface area contributed by atoms with Crippen LogP contribution in [0.15, 0.2) is 29.2 Å². The van der Waals surface area contributed by atoms with E-state index in [1.165, 1.54) is 0 Å². The Morgan fingerprint density at radius 2 is 1.85 bits per heavy atom. The third kappa shape index (κ3) is 3.84. The fourth-order valence-corrected chi connectivity index (χ4v) is 5.46. The van der Waals surface area contributed by atoms with E-state index in [0.717, 1.165) is 38.0 Å². The topological polar surface area (TPSA) is 49.9 Å². The zero-order valence-electron chi connectivity index (χ0n) is 16.4. The fraction of sp³-hybridized carbons (Fsp3) is 0.700. The van der Waals surface area contributed by atoms with Crippen LogP contribution >= 0.6 is 0 Å². The molecule has 2 heterocycles. The molecule has 0 bridgehead atoms. The van der Waals surface area contributed by atoms with Gasteiger partial charge in [0.25, 0.3) is 0 Å². The number of rotatable bonds is 5. The van der Waals surface area contributed by atoms with Gasteiger partial charge in [0.05, 0.1) is 17.1 Å². The van der Waals surface area contributed by atoms with Crippen molar-refractivity contribution in [1.29, 1.82) is 0 Å². The van der Waals surface area contributed by atoms with Gasteiger partial charge in [0.15, 0.2) is 0 Å². The van der Waals surface area contributed by atoms with E-state index in [0.29, 0.717) is 29.9 Å². The molecule has 0 aliphatic carbocycles. The van der Waals surface area contributed by atoms with Gasteiger partial charge in [0.2, 0.25) is 10.0 Å². The largest absolute Gasteiger partial charge is 0.373 e. The fourth-order valence-electron chi connectivity index (χ4n) is 4.02. The van der Waals surface area contributed by atoms with Crippen LogP contribution in [0.3, 0.4) is 0 Å². The van der Waals surface area contributed by atoms with Crippen LogP contribution in [-0.4, -0.2) is 62.6 Å². The molecule has 146 valence electrons. The van der Waals surface area contributed by atoms with Gasteiger partial charge in [-0.2, -0.15) is 4.31 Å². The number of piperidine rings is 1. The van der Waals surface area contributed by atoms with Crippen molar-refractivity contribution in [2.24, 2.45) is 0 Å². The lowest BCUT2D eigenvalue weighted by Gasteiger charge is -2.38. The summed E-state index contributed by atoms with van der Waals surface area (Å²) in [6, 6.07) is 7.79. The minimum absolute atomic E-state index is 0.137. The second-order valence-electron chi connectivity index (χ2n) is 8.05. The molecule has 3 rings (SSSR count). The summed E-state index contributed by atoms with van der Waals surface area (Å²) < 4.78 is 33.7. The Morgan fingerprint density at radius 3 is 2.38 bits per heavy atom. The molecule has 6 heteroatoms. The molecule has 26 heavy (non-hydrogen) atoms. The third-order valence-corrected chi connectivity index (χ3v) is 8.04. The Labute approximate surface area is 158 Å². The molecule has 0 radical (unpaired) electrons. The highest BCUT2D eigenvalue weighted by molar-refractivity contribution is 7.89. The summed E-state index contributed by atoms with van der Waals surface area (Å²) >= 11 is 0. The van der Waals surface area contributed by atoms with Crippen molar-refractivity contribution < 1.29 is 13.2 Å². The van der Waals surface area contributed by atoms with Gasteiger partial charge in [0.1, 0.15) is 0 Å². The van der Waals surface area contributed by atoms with E-state index >= 15 is 0 Å². The van der Waals surface area contributed by atoms with E-state index in [2.05, 4.69) is 32.7 Å². The van der Waals surface area contributed by atoms with Crippen molar-refractivity contribution in [3.63, 3.8) is 0 Å². The summed E-state index contributed by atoms with van der Waals surface area (Å²) in [4.78, 5) is 2.72. The highest BCUT2D eigenvalue weighted by Crippen LogP contribution is 2.38. The summed E-state index contributed by atoms with van der Waals surface area (Å²) in [5, 5.41) is 0. The van der Waals surface area contributed by atoms with Gasteiger partial charge in [-0.3, -0.25) is 0 Å². The smallest absolute Gasteiger partial charge is 0.243 e. The third-order valence-electron chi connectivity index (χ3n) is 6.13. The molecule has 0 amide bonds. The van der Waals surface area contributed by atoms with Crippen molar-refractivity contribution in [1.82, 2.24) is 9.21 Å². The molecule has 1 atom stereocenters. The molecular formula is C20H32N2O3S. The van der Waals surface area contributed by atoms with Crippen LogP contribution in [0.5, 0.6) is 0 Å². The molecule has 1 aromatic rings. The second-order valence-corrected chi connectivity index (χ2v) is 9.99. The zero-order valence-corrected chi connectivity index (χ0v) is 17.3. The van der Waals surface area contributed by atoms with Gasteiger partial charge in [-0.15, -0.1) is 0 Å². The van der Waals surface area contributed by atoms with Gasteiger partial charge in [-0.1, -0.05) is 32.9 Å². The van der Waals surface area contributed by atoms with E-state index in [9.17, 15) is 8.42 Å². The first-order valence-corrected chi connectivity index (χ1v) is 11.2. The molecular weight excluding hydrogens is 348 g/mol. The first-order chi connectivity index (χ1) is 12.3. The Kier molecular flexibility index (Phi) is 5.78. The van der Waals surface area contributed by atoms with Gasteiger partial charge in [0, 0.05) is 19.1 Å². The van der Waals surface area contributed by atoms with E-state index in [1.54, 1.807) is 16.4 Å². The highest BCUT2D eigenvalue weighted by atomic mass is 32.2. The molecule has 0 saturated carbocycles. The average Bonchev–Trinajstić information content (AvgIpc) is 3.05. The lowest BCUT2D eigenvalue weighted by atomic mass is 9.88.